The summed E-state index contributed by atoms with van der Waals surface area (Å²) in [7, 11) is -4.25. The summed E-state index contributed by atoms with van der Waals surface area (Å²) in [6.07, 6.45) is 0. The van der Waals surface area contributed by atoms with Gasteiger partial charge < -0.3 is 4.74 Å². The second-order valence-electron chi connectivity index (χ2n) is 4.35. The third-order valence-electron chi connectivity index (χ3n) is 2.83. The van der Waals surface area contributed by atoms with Crippen molar-refractivity contribution < 1.29 is 30.7 Å². The quantitative estimate of drug-likeness (QED) is 0.609. The van der Waals surface area contributed by atoms with E-state index >= 15 is 0 Å². The predicted molar refractivity (Wildman–Crippen MR) is 80.1 cm³/mol. The van der Waals surface area contributed by atoms with Crippen LogP contribution in [-0.2, 0) is 10.0 Å². The van der Waals surface area contributed by atoms with Crippen molar-refractivity contribution in [2.24, 2.45) is 0 Å². The molecule has 0 unspecified atom stereocenters. The van der Waals surface area contributed by atoms with E-state index in [1.807, 2.05) is 0 Å². The summed E-state index contributed by atoms with van der Waals surface area (Å²) >= 11 is 11.3. The van der Waals surface area contributed by atoms with Gasteiger partial charge in [-0.2, -0.15) is 8.78 Å². The molecule has 0 bridgehead atoms. The first kappa shape index (κ1) is 18.6. The van der Waals surface area contributed by atoms with E-state index in [0.29, 0.717) is 0 Å². The number of rotatable bonds is 4. The van der Waals surface area contributed by atoms with Gasteiger partial charge in [0.1, 0.15) is 0 Å². The standard InChI is InChI=1S/C13H7Cl2F4NO3S/c1-23-12-8(16)10(18)13(11(19)9(12)17)24(21,22)20-5-2-3-6(14)7(15)4-5/h2-4,20H,1H3. The number of ether oxygens (including phenoxy) is 1. The molecule has 11 heteroatoms. The summed E-state index contributed by atoms with van der Waals surface area (Å²) in [6.45, 7) is 0. The van der Waals surface area contributed by atoms with Crippen LogP contribution in [-0.4, -0.2) is 15.5 Å². The molecule has 2 rings (SSSR count). The third-order valence-corrected chi connectivity index (χ3v) is 4.97. The van der Waals surface area contributed by atoms with Gasteiger partial charge >= 0.3 is 0 Å². The van der Waals surface area contributed by atoms with E-state index in [4.69, 9.17) is 23.2 Å². The summed E-state index contributed by atoms with van der Waals surface area (Å²) in [5.74, 6) is -9.59. The van der Waals surface area contributed by atoms with Crippen molar-refractivity contribution in [1.29, 1.82) is 0 Å². The monoisotopic (exact) mass is 403 g/mol. The van der Waals surface area contributed by atoms with Crippen LogP contribution in [0.2, 0.25) is 10.0 Å². The van der Waals surface area contributed by atoms with E-state index in [1.165, 1.54) is 6.07 Å². The van der Waals surface area contributed by atoms with Crippen LogP contribution in [0.3, 0.4) is 0 Å². The lowest BCUT2D eigenvalue weighted by molar-refractivity contribution is 0.322. The molecule has 0 fully saturated rings. The number of halogens is 6. The van der Waals surface area contributed by atoms with Crippen molar-refractivity contribution in [2.45, 2.75) is 4.90 Å². The molecule has 0 heterocycles. The third kappa shape index (κ3) is 3.24. The Kier molecular flexibility index (Phi) is 5.17. The fraction of sp³-hybridized carbons (Fsp3) is 0.0769. The van der Waals surface area contributed by atoms with E-state index in [-0.39, 0.29) is 15.7 Å². The highest BCUT2D eigenvalue weighted by Gasteiger charge is 2.34. The molecular weight excluding hydrogens is 397 g/mol. The smallest absolute Gasteiger partial charge is 0.267 e. The Morgan fingerprint density at radius 2 is 1.50 bits per heavy atom. The van der Waals surface area contributed by atoms with Gasteiger partial charge in [-0.1, -0.05) is 23.2 Å². The van der Waals surface area contributed by atoms with Crippen LogP contribution in [0.4, 0.5) is 23.2 Å². The van der Waals surface area contributed by atoms with E-state index in [2.05, 4.69) is 4.74 Å². The maximum absolute atomic E-state index is 13.9. The maximum Gasteiger partial charge on any atom is 0.267 e. The van der Waals surface area contributed by atoms with E-state index in [9.17, 15) is 26.0 Å². The predicted octanol–water partition coefficient (Wildman–Crippen LogP) is 4.36. The Balaban J connectivity index is 2.59. The zero-order chi connectivity index (χ0) is 18.2. The zero-order valence-electron chi connectivity index (χ0n) is 11.6. The van der Waals surface area contributed by atoms with Gasteiger partial charge in [0.2, 0.25) is 11.6 Å². The normalized spacial score (nSPS) is 11.5. The van der Waals surface area contributed by atoms with Crippen molar-refractivity contribution in [1.82, 2.24) is 0 Å². The Morgan fingerprint density at radius 1 is 0.958 bits per heavy atom. The highest BCUT2D eigenvalue weighted by Crippen LogP contribution is 2.33. The van der Waals surface area contributed by atoms with E-state index < -0.39 is 43.9 Å². The zero-order valence-corrected chi connectivity index (χ0v) is 14.0. The molecule has 0 saturated heterocycles. The number of anilines is 1. The molecule has 130 valence electrons. The van der Waals surface area contributed by atoms with E-state index in [0.717, 1.165) is 19.2 Å². The molecule has 0 aliphatic rings. The molecular formula is C13H7Cl2F4NO3S. The molecule has 4 nitrogen and oxygen atoms in total. The summed E-state index contributed by atoms with van der Waals surface area (Å²) in [4.78, 5) is -1.83. The first-order chi connectivity index (χ1) is 11.1. The van der Waals surface area contributed by atoms with Crippen molar-refractivity contribution in [2.75, 3.05) is 11.8 Å². The Hall–Kier alpha value is -1.71. The Morgan fingerprint density at radius 3 is 1.96 bits per heavy atom. The SMILES string of the molecule is COc1c(F)c(F)c(S(=O)(=O)Nc2ccc(Cl)c(Cl)c2)c(F)c1F. The van der Waals surface area contributed by atoms with Gasteiger partial charge in [0, 0.05) is 0 Å². The number of hydrogen-bond acceptors (Lipinski definition) is 3. The number of benzene rings is 2. The summed E-state index contributed by atoms with van der Waals surface area (Å²) in [5, 5.41) is 0.0448. The van der Waals surface area contributed by atoms with Gasteiger partial charge in [0.05, 0.1) is 22.8 Å². The molecule has 2 aromatic carbocycles. The Bertz CT molecular complexity index is 893. The van der Waals surface area contributed by atoms with Gasteiger partial charge in [-0.3, -0.25) is 4.72 Å². The van der Waals surface area contributed by atoms with Crippen LogP contribution in [0.25, 0.3) is 0 Å². The molecule has 0 saturated carbocycles. The molecule has 2 aromatic rings. The molecule has 0 aromatic heterocycles. The largest absolute Gasteiger partial charge is 0.491 e. The fourth-order valence-corrected chi connectivity index (χ4v) is 3.26. The van der Waals surface area contributed by atoms with Crippen LogP contribution < -0.4 is 9.46 Å². The lowest BCUT2D eigenvalue weighted by Gasteiger charge is -2.13. The minimum atomic E-state index is -5.01. The van der Waals surface area contributed by atoms with Crippen LogP contribution in [0.1, 0.15) is 0 Å². The lowest BCUT2D eigenvalue weighted by Crippen LogP contribution is -2.19. The van der Waals surface area contributed by atoms with Crippen molar-refractivity contribution in [3.05, 3.63) is 51.5 Å². The number of methoxy groups -OCH3 is 1. The second-order valence-corrected chi connectivity index (χ2v) is 6.79. The first-order valence-corrected chi connectivity index (χ1v) is 8.21. The van der Waals surface area contributed by atoms with Gasteiger partial charge in [-0.15, -0.1) is 0 Å². The van der Waals surface area contributed by atoms with Gasteiger partial charge in [-0.25, -0.2) is 17.2 Å². The Labute approximate surface area is 144 Å². The van der Waals surface area contributed by atoms with Gasteiger partial charge in [-0.05, 0) is 18.2 Å². The second kappa shape index (κ2) is 6.66. The van der Waals surface area contributed by atoms with Crippen LogP contribution in [0.15, 0.2) is 23.1 Å². The fourth-order valence-electron chi connectivity index (χ4n) is 1.77. The molecule has 0 atom stereocenters. The van der Waals surface area contributed by atoms with Crippen molar-refractivity contribution in [3.63, 3.8) is 0 Å². The molecule has 0 amide bonds. The van der Waals surface area contributed by atoms with Crippen molar-refractivity contribution in [3.8, 4) is 5.75 Å². The number of sulfonamides is 1. The highest BCUT2D eigenvalue weighted by atomic mass is 35.5. The van der Waals surface area contributed by atoms with Crippen molar-refractivity contribution >= 4 is 38.9 Å². The first-order valence-electron chi connectivity index (χ1n) is 5.98. The van der Waals surface area contributed by atoms with Crippen LogP contribution in [0.5, 0.6) is 5.75 Å². The average molecular weight is 404 g/mol. The van der Waals surface area contributed by atoms with Crippen LogP contribution in [0, 0.1) is 23.3 Å². The summed E-state index contributed by atoms with van der Waals surface area (Å²) in [6, 6.07) is 3.40. The molecule has 24 heavy (non-hydrogen) atoms. The topological polar surface area (TPSA) is 55.4 Å². The minimum absolute atomic E-state index is 0.0510. The summed E-state index contributed by atoms with van der Waals surface area (Å²) < 4.78 is 85.2. The van der Waals surface area contributed by atoms with Gasteiger partial charge in [0.25, 0.3) is 10.0 Å². The molecule has 0 aliphatic heterocycles. The number of hydrogen-bond donors (Lipinski definition) is 1. The van der Waals surface area contributed by atoms with Gasteiger partial charge in [0.15, 0.2) is 22.3 Å². The maximum atomic E-state index is 13.9. The van der Waals surface area contributed by atoms with Crippen LogP contribution >= 0.6 is 23.2 Å². The molecule has 0 radical (unpaired) electrons. The summed E-state index contributed by atoms with van der Waals surface area (Å²) in [5.41, 5.74) is -0.222. The minimum Gasteiger partial charge on any atom is -0.491 e. The highest BCUT2D eigenvalue weighted by molar-refractivity contribution is 7.92. The molecule has 0 spiro atoms. The van der Waals surface area contributed by atoms with E-state index in [1.54, 1.807) is 4.72 Å². The average Bonchev–Trinajstić information content (AvgIpc) is 2.49. The molecule has 1 N–H and O–H groups in total. The molecule has 0 aliphatic carbocycles. The lowest BCUT2D eigenvalue weighted by atomic mass is 10.3. The number of nitrogens with one attached hydrogen (secondary N) is 1.